The number of hydrogen-bond donors (Lipinski definition) is 1. The zero-order valence-corrected chi connectivity index (χ0v) is 11.3. The van der Waals surface area contributed by atoms with Gasteiger partial charge in [0, 0.05) is 0 Å². The molecule has 1 atom stereocenters. The maximum Gasteiger partial charge on any atom is 0.158 e. The van der Waals surface area contributed by atoms with Crippen LogP contribution in [0, 0.1) is 6.92 Å². The van der Waals surface area contributed by atoms with E-state index in [1.807, 2.05) is 7.05 Å². The quantitative estimate of drug-likeness (QED) is 0.909. The van der Waals surface area contributed by atoms with Gasteiger partial charge in [0.25, 0.3) is 0 Å². The first-order valence-electron chi connectivity index (χ1n) is 5.31. The SMILES string of the molecule is CCC(NC)c1nnc(-c2sccc2C)s1. The highest BCUT2D eigenvalue weighted by molar-refractivity contribution is 7.20. The number of nitrogens with zero attached hydrogens (tertiary/aromatic N) is 2. The van der Waals surface area contributed by atoms with Crippen molar-refractivity contribution in [1.29, 1.82) is 0 Å². The Morgan fingerprint density at radius 1 is 1.44 bits per heavy atom. The molecule has 0 saturated carbocycles. The van der Waals surface area contributed by atoms with Crippen LogP contribution in [0.4, 0.5) is 0 Å². The summed E-state index contributed by atoms with van der Waals surface area (Å²) in [6, 6.07) is 2.45. The minimum absolute atomic E-state index is 0.325. The van der Waals surface area contributed by atoms with Crippen LogP contribution < -0.4 is 5.32 Å². The van der Waals surface area contributed by atoms with Crippen molar-refractivity contribution in [3.63, 3.8) is 0 Å². The molecule has 0 amide bonds. The normalized spacial score (nSPS) is 12.9. The van der Waals surface area contributed by atoms with Crippen molar-refractivity contribution in [2.24, 2.45) is 0 Å². The monoisotopic (exact) mass is 253 g/mol. The molecule has 0 radical (unpaired) electrons. The number of aromatic nitrogens is 2. The van der Waals surface area contributed by atoms with Crippen LogP contribution >= 0.6 is 22.7 Å². The average Bonchev–Trinajstić information content (AvgIpc) is 2.89. The Hall–Kier alpha value is -0.780. The molecule has 0 aliphatic rings. The van der Waals surface area contributed by atoms with Crippen molar-refractivity contribution in [2.75, 3.05) is 7.05 Å². The highest BCUT2D eigenvalue weighted by Crippen LogP contribution is 2.33. The molecule has 3 nitrogen and oxygen atoms in total. The van der Waals surface area contributed by atoms with Crippen molar-refractivity contribution in [3.05, 3.63) is 22.0 Å². The first-order valence-corrected chi connectivity index (χ1v) is 7.01. The molecule has 2 rings (SSSR count). The van der Waals surface area contributed by atoms with Crippen LogP contribution in [0.3, 0.4) is 0 Å². The van der Waals surface area contributed by atoms with Crippen molar-refractivity contribution in [1.82, 2.24) is 15.5 Å². The molecule has 2 heterocycles. The lowest BCUT2D eigenvalue weighted by Gasteiger charge is -2.07. The molecular weight excluding hydrogens is 238 g/mol. The summed E-state index contributed by atoms with van der Waals surface area (Å²) in [5, 5.41) is 16.0. The minimum Gasteiger partial charge on any atom is -0.311 e. The molecule has 0 bridgehead atoms. The third-order valence-electron chi connectivity index (χ3n) is 2.55. The number of thiophene rings is 1. The van der Waals surface area contributed by atoms with Crippen molar-refractivity contribution in [3.8, 4) is 9.88 Å². The smallest absolute Gasteiger partial charge is 0.158 e. The molecule has 0 aromatic carbocycles. The molecule has 2 aromatic heterocycles. The van der Waals surface area contributed by atoms with Gasteiger partial charge >= 0.3 is 0 Å². The van der Waals surface area contributed by atoms with Gasteiger partial charge in [-0.05, 0) is 37.4 Å². The predicted octanol–water partition coefficient (Wildman–Crippen LogP) is 3.25. The molecule has 16 heavy (non-hydrogen) atoms. The zero-order chi connectivity index (χ0) is 11.5. The number of hydrogen-bond acceptors (Lipinski definition) is 5. The van der Waals surface area contributed by atoms with E-state index in [9.17, 15) is 0 Å². The first-order chi connectivity index (χ1) is 7.76. The molecule has 0 fully saturated rings. The fourth-order valence-corrected chi connectivity index (χ4v) is 3.68. The van der Waals surface area contributed by atoms with Crippen molar-refractivity contribution < 1.29 is 0 Å². The minimum atomic E-state index is 0.325. The van der Waals surface area contributed by atoms with E-state index in [4.69, 9.17) is 0 Å². The summed E-state index contributed by atoms with van der Waals surface area (Å²) in [6.07, 6.45) is 1.04. The molecule has 0 spiro atoms. The Morgan fingerprint density at radius 2 is 2.25 bits per heavy atom. The summed E-state index contributed by atoms with van der Waals surface area (Å²) < 4.78 is 0. The highest BCUT2D eigenvalue weighted by Gasteiger charge is 2.15. The molecule has 2 aromatic rings. The van der Waals surface area contributed by atoms with Gasteiger partial charge in [0.1, 0.15) is 5.01 Å². The van der Waals surface area contributed by atoms with Crippen LogP contribution in [0.2, 0.25) is 0 Å². The van der Waals surface area contributed by atoms with Crippen LogP contribution in [0.5, 0.6) is 0 Å². The predicted molar refractivity (Wildman–Crippen MR) is 70.1 cm³/mol. The third kappa shape index (κ3) is 2.16. The van der Waals surface area contributed by atoms with Crippen LogP contribution in [0.15, 0.2) is 11.4 Å². The second kappa shape index (κ2) is 5.03. The van der Waals surface area contributed by atoms with E-state index in [1.165, 1.54) is 10.4 Å². The second-order valence-electron chi connectivity index (χ2n) is 3.63. The Bertz CT molecular complexity index is 457. The lowest BCUT2D eigenvalue weighted by molar-refractivity contribution is 0.568. The van der Waals surface area contributed by atoms with E-state index in [0.29, 0.717) is 6.04 Å². The summed E-state index contributed by atoms with van der Waals surface area (Å²) in [4.78, 5) is 1.25. The van der Waals surface area contributed by atoms with Crippen LogP contribution in [-0.4, -0.2) is 17.2 Å². The van der Waals surface area contributed by atoms with Gasteiger partial charge in [-0.3, -0.25) is 0 Å². The lowest BCUT2D eigenvalue weighted by Crippen LogP contribution is -2.14. The van der Waals surface area contributed by atoms with E-state index in [0.717, 1.165) is 16.4 Å². The number of nitrogens with one attached hydrogen (secondary N) is 1. The fraction of sp³-hybridized carbons (Fsp3) is 0.455. The Morgan fingerprint density at radius 3 is 2.81 bits per heavy atom. The first kappa shape index (κ1) is 11.7. The van der Waals surface area contributed by atoms with E-state index in [-0.39, 0.29) is 0 Å². The maximum atomic E-state index is 4.28. The molecule has 0 saturated heterocycles. The topological polar surface area (TPSA) is 37.8 Å². The zero-order valence-electron chi connectivity index (χ0n) is 9.65. The molecule has 0 aliphatic heterocycles. The van der Waals surface area contributed by atoms with Gasteiger partial charge in [-0.2, -0.15) is 0 Å². The third-order valence-corrected chi connectivity index (χ3v) is 4.76. The second-order valence-corrected chi connectivity index (χ2v) is 5.55. The summed E-state index contributed by atoms with van der Waals surface area (Å²) in [5.41, 5.74) is 1.28. The van der Waals surface area contributed by atoms with Crippen molar-refractivity contribution >= 4 is 22.7 Å². The summed E-state index contributed by atoms with van der Waals surface area (Å²) in [7, 11) is 1.96. The van der Waals surface area contributed by atoms with Crippen LogP contribution in [-0.2, 0) is 0 Å². The van der Waals surface area contributed by atoms with E-state index in [1.54, 1.807) is 22.7 Å². The van der Waals surface area contributed by atoms with Gasteiger partial charge in [-0.15, -0.1) is 21.5 Å². The van der Waals surface area contributed by atoms with Crippen LogP contribution in [0.1, 0.15) is 30.0 Å². The van der Waals surface area contributed by atoms with Crippen LogP contribution in [0.25, 0.3) is 9.88 Å². The number of rotatable bonds is 4. The van der Waals surface area contributed by atoms with E-state index < -0.39 is 0 Å². The highest BCUT2D eigenvalue weighted by atomic mass is 32.1. The average molecular weight is 253 g/mol. The van der Waals surface area contributed by atoms with Gasteiger partial charge in [0.15, 0.2) is 5.01 Å². The molecule has 86 valence electrons. The van der Waals surface area contributed by atoms with E-state index in [2.05, 4.69) is 40.8 Å². The molecule has 1 unspecified atom stereocenters. The summed E-state index contributed by atoms with van der Waals surface area (Å²) in [5.74, 6) is 0. The fourth-order valence-electron chi connectivity index (χ4n) is 1.56. The largest absolute Gasteiger partial charge is 0.311 e. The maximum absolute atomic E-state index is 4.28. The Labute approximate surface area is 104 Å². The molecule has 5 heteroatoms. The lowest BCUT2D eigenvalue weighted by atomic mass is 10.2. The van der Waals surface area contributed by atoms with E-state index >= 15 is 0 Å². The van der Waals surface area contributed by atoms with Gasteiger partial charge in [0.05, 0.1) is 10.9 Å². The van der Waals surface area contributed by atoms with Gasteiger partial charge < -0.3 is 5.32 Å². The van der Waals surface area contributed by atoms with Gasteiger partial charge in [-0.25, -0.2) is 0 Å². The molecular formula is C11H15N3S2. The van der Waals surface area contributed by atoms with Gasteiger partial charge in [0.2, 0.25) is 0 Å². The summed E-state index contributed by atoms with van der Waals surface area (Å²) in [6.45, 7) is 4.26. The standard InChI is InChI=1S/C11H15N3S2/c1-4-8(12-3)10-13-14-11(16-10)9-7(2)5-6-15-9/h5-6,8,12H,4H2,1-3H3. The van der Waals surface area contributed by atoms with Crippen molar-refractivity contribution in [2.45, 2.75) is 26.3 Å². The molecule has 1 N–H and O–H groups in total. The van der Waals surface area contributed by atoms with Gasteiger partial charge in [-0.1, -0.05) is 18.3 Å². The Balaban J connectivity index is 2.29. The summed E-state index contributed by atoms with van der Waals surface area (Å²) >= 11 is 3.42. The molecule has 0 aliphatic carbocycles. The Kier molecular flexibility index (Phi) is 3.68. The number of aryl methyl sites for hydroxylation is 1.